The van der Waals surface area contributed by atoms with Crippen LogP contribution in [0.3, 0.4) is 0 Å². The Morgan fingerprint density at radius 1 is 1.43 bits per heavy atom. The first-order chi connectivity index (χ1) is 10.3. The van der Waals surface area contributed by atoms with E-state index in [1.807, 2.05) is 6.07 Å². The van der Waals surface area contributed by atoms with Crippen molar-refractivity contribution in [1.29, 1.82) is 0 Å². The summed E-state index contributed by atoms with van der Waals surface area (Å²) in [6.07, 6.45) is 4.06. The molecule has 21 heavy (non-hydrogen) atoms. The molecule has 2 aliphatic rings. The van der Waals surface area contributed by atoms with Gasteiger partial charge in [-0.1, -0.05) is 19.1 Å². The van der Waals surface area contributed by atoms with Gasteiger partial charge >= 0.3 is 0 Å². The van der Waals surface area contributed by atoms with Crippen molar-refractivity contribution in [3.63, 3.8) is 0 Å². The molecule has 1 atom stereocenters. The van der Waals surface area contributed by atoms with Gasteiger partial charge in [0.05, 0.1) is 0 Å². The van der Waals surface area contributed by atoms with Crippen LogP contribution in [0.15, 0.2) is 18.2 Å². The summed E-state index contributed by atoms with van der Waals surface area (Å²) in [5.41, 5.74) is 3.67. The molecule has 0 aliphatic carbocycles. The van der Waals surface area contributed by atoms with Crippen LogP contribution >= 0.6 is 0 Å². The number of amides is 1. The third-order valence-electron chi connectivity index (χ3n) is 4.46. The number of anilines is 1. The van der Waals surface area contributed by atoms with E-state index in [-0.39, 0.29) is 5.91 Å². The number of hydrogen-bond donors (Lipinski definition) is 2. The van der Waals surface area contributed by atoms with E-state index in [2.05, 4.69) is 34.6 Å². The minimum atomic E-state index is 0.136. The molecular formula is C17H25N3O. The number of rotatable bonds is 5. The summed E-state index contributed by atoms with van der Waals surface area (Å²) in [4.78, 5) is 14.7. The minimum Gasteiger partial charge on any atom is -0.326 e. The van der Waals surface area contributed by atoms with Crippen LogP contribution in [-0.4, -0.2) is 29.9 Å². The zero-order chi connectivity index (χ0) is 14.7. The van der Waals surface area contributed by atoms with Crippen LogP contribution in [0.25, 0.3) is 0 Å². The molecule has 114 valence electrons. The standard InChI is InChI=1S/C17H25N3O/c1-2-9-20-11-13-5-3-7-16(15(13)12-20)19-17(21)10-14-6-4-8-18-14/h3,5,7,14,18H,2,4,6,8-12H2,1H3,(H,19,21). The van der Waals surface area contributed by atoms with Gasteiger partial charge in [0.1, 0.15) is 0 Å². The molecule has 4 heteroatoms. The third kappa shape index (κ3) is 3.44. The molecule has 1 aromatic carbocycles. The van der Waals surface area contributed by atoms with Crippen LogP contribution in [0.4, 0.5) is 5.69 Å². The normalized spacial score (nSPS) is 21.5. The monoisotopic (exact) mass is 287 g/mol. The Hall–Kier alpha value is -1.39. The topological polar surface area (TPSA) is 44.4 Å². The highest BCUT2D eigenvalue weighted by molar-refractivity contribution is 5.92. The largest absolute Gasteiger partial charge is 0.326 e. The molecule has 2 N–H and O–H groups in total. The molecule has 1 saturated heterocycles. The summed E-state index contributed by atoms with van der Waals surface area (Å²) in [6.45, 7) is 6.34. The predicted molar refractivity (Wildman–Crippen MR) is 85.1 cm³/mol. The molecule has 2 aliphatic heterocycles. The number of nitrogens with zero attached hydrogens (tertiary/aromatic N) is 1. The molecule has 3 rings (SSSR count). The smallest absolute Gasteiger partial charge is 0.225 e. The van der Waals surface area contributed by atoms with Crippen LogP contribution in [0.2, 0.25) is 0 Å². The number of fused-ring (bicyclic) bond motifs is 1. The summed E-state index contributed by atoms with van der Waals surface area (Å²) in [6, 6.07) is 6.63. The fraction of sp³-hybridized carbons (Fsp3) is 0.588. The summed E-state index contributed by atoms with van der Waals surface area (Å²) in [5, 5.41) is 6.51. The van der Waals surface area contributed by atoms with Crippen molar-refractivity contribution in [3.8, 4) is 0 Å². The Kier molecular flexibility index (Phi) is 4.56. The SMILES string of the molecule is CCCN1Cc2cccc(NC(=O)CC3CCCN3)c2C1. The Morgan fingerprint density at radius 3 is 3.10 bits per heavy atom. The maximum Gasteiger partial charge on any atom is 0.225 e. The number of benzene rings is 1. The fourth-order valence-electron chi connectivity index (χ4n) is 3.44. The second kappa shape index (κ2) is 6.58. The predicted octanol–water partition coefficient (Wildman–Crippen LogP) is 2.49. The molecule has 2 heterocycles. The highest BCUT2D eigenvalue weighted by Gasteiger charge is 2.22. The van der Waals surface area contributed by atoms with E-state index in [0.29, 0.717) is 12.5 Å². The van der Waals surface area contributed by atoms with Gasteiger partial charge in [0, 0.05) is 31.2 Å². The van der Waals surface area contributed by atoms with E-state index in [1.54, 1.807) is 0 Å². The second-order valence-electron chi connectivity index (χ2n) is 6.20. The fourth-order valence-corrected chi connectivity index (χ4v) is 3.44. The number of nitrogens with one attached hydrogen (secondary N) is 2. The van der Waals surface area contributed by atoms with E-state index in [1.165, 1.54) is 24.0 Å². The van der Waals surface area contributed by atoms with Crippen molar-refractivity contribution >= 4 is 11.6 Å². The highest BCUT2D eigenvalue weighted by atomic mass is 16.1. The molecule has 1 aromatic rings. The lowest BCUT2D eigenvalue weighted by atomic mass is 10.1. The van der Waals surface area contributed by atoms with Gasteiger partial charge in [-0.3, -0.25) is 9.69 Å². The number of hydrogen-bond acceptors (Lipinski definition) is 3. The van der Waals surface area contributed by atoms with Crippen molar-refractivity contribution in [3.05, 3.63) is 29.3 Å². The molecule has 1 amide bonds. The molecule has 1 fully saturated rings. The minimum absolute atomic E-state index is 0.136. The lowest BCUT2D eigenvalue weighted by molar-refractivity contribution is -0.116. The van der Waals surface area contributed by atoms with Crippen LogP contribution in [0, 0.1) is 0 Å². The van der Waals surface area contributed by atoms with Gasteiger partial charge in [-0.2, -0.15) is 0 Å². The van der Waals surface area contributed by atoms with Crippen molar-refractivity contribution in [1.82, 2.24) is 10.2 Å². The maximum atomic E-state index is 12.2. The first kappa shape index (κ1) is 14.5. The van der Waals surface area contributed by atoms with Crippen LogP contribution in [-0.2, 0) is 17.9 Å². The molecule has 0 saturated carbocycles. The van der Waals surface area contributed by atoms with Gasteiger partial charge in [0.2, 0.25) is 5.91 Å². The van der Waals surface area contributed by atoms with E-state index in [0.717, 1.165) is 38.3 Å². The summed E-state index contributed by atoms with van der Waals surface area (Å²) in [7, 11) is 0. The average Bonchev–Trinajstić information content (AvgIpc) is 3.08. The second-order valence-corrected chi connectivity index (χ2v) is 6.20. The van der Waals surface area contributed by atoms with Crippen molar-refractivity contribution < 1.29 is 4.79 Å². The van der Waals surface area contributed by atoms with Crippen LogP contribution in [0.1, 0.15) is 43.7 Å². The summed E-state index contributed by atoms with van der Waals surface area (Å²) in [5.74, 6) is 0.136. The Morgan fingerprint density at radius 2 is 2.33 bits per heavy atom. The van der Waals surface area contributed by atoms with Gasteiger partial charge in [0.15, 0.2) is 0 Å². The molecule has 1 unspecified atom stereocenters. The number of carbonyl (C=O) groups excluding carboxylic acids is 1. The Labute approximate surface area is 126 Å². The molecule has 0 spiro atoms. The van der Waals surface area contributed by atoms with Gasteiger partial charge in [-0.15, -0.1) is 0 Å². The van der Waals surface area contributed by atoms with Crippen LogP contribution in [0.5, 0.6) is 0 Å². The summed E-state index contributed by atoms with van der Waals surface area (Å²) >= 11 is 0. The Bertz CT molecular complexity index is 509. The maximum absolute atomic E-state index is 12.2. The van der Waals surface area contributed by atoms with Gasteiger partial charge in [-0.05, 0) is 49.5 Å². The van der Waals surface area contributed by atoms with E-state index in [4.69, 9.17) is 0 Å². The van der Waals surface area contributed by atoms with Crippen molar-refractivity contribution in [2.24, 2.45) is 0 Å². The molecular weight excluding hydrogens is 262 g/mol. The van der Waals surface area contributed by atoms with E-state index in [9.17, 15) is 4.79 Å². The lowest BCUT2D eigenvalue weighted by Crippen LogP contribution is -2.27. The van der Waals surface area contributed by atoms with Gasteiger partial charge in [0.25, 0.3) is 0 Å². The molecule has 4 nitrogen and oxygen atoms in total. The van der Waals surface area contributed by atoms with Crippen LogP contribution < -0.4 is 10.6 Å². The molecule has 0 bridgehead atoms. The quantitative estimate of drug-likeness (QED) is 0.874. The van der Waals surface area contributed by atoms with E-state index < -0.39 is 0 Å². The zero-order valence-electron chi connectivity index (χ0n) is 12.8. The third-order valence-corrected chi connectivity index (χ3v) is 4.46. The van der Waals surface area contributed by atoms with Gasteiger partial charge < -0.3 is 10.6 Å². The highest BCUT2D eigenvalue weighted by Crippen LogP contribution is 2.29. The van der Waals surface area contributed by atoms with Gasteiger partial charge in [-0.25, -0.2) is 0 Å². The average molecular weight is 287 g/mol. The van der Waals surface area contributed by atoms with Crippen molar-refractivity contribution in [2.45, 2.75) is 51.7 Å². The first-order valence-electron chi connectivity index (χ1n) is 8.12. The summed E-state index contributed by atoms with van der Waals surface area (Å²) < 4.78 is 0. The first-order valence-corrected chi connectivity index (χ1v) is 8.12. The van der Waals surface area contributed by atoms with Crippen molar-refractivity contribution in [2.75, 3.05) is 18.4 Å². The lowest BCUT2D eigenvalue weighted by Gasteiger charge is -2.14. The Balaban J connectivity index is 1.64. The molecule has 0 radical (unpaired) electrons. The molecule has 0 aromatic heterocycles. The van der Waals surface area contributed by atoms with E-state index >= 15 is 0 Å². The number of carbonyl (C=O) groups is 1. The zero-order valence-corrected chi connectivity index (χ0v) is 12.8.